The zero-order valence-electron chi connectivity index (χ0n) is 13.2. The number of pyridine rings is 1. The minimum absolute atomic E-state index is 0.152. The van der Waals surface area contributed by atoms with Crippen molar-refractivity contribution >= 4 is 0 Å². The molecule has 5 nitrogen and oxygen atoms in total. The van der Waals surface area contributed by atoms with E-state index in [2.05, 4.69) is 42.2 Å². The summed E-state index contributed by atoms with van der Waals surface area (Å²) in [6.45, 7) is 7.25. The molecule has 2 heterocycles. The van der Waals surface area contributed by atoms with Crippen LogP contribution in [0, 0.1) is 0 Å². The van der Waals surface area contributed by atoms with Gasteiger partial charge in [-0.2, -0.15) is 5.10 Å². The van der Waals surface area contributed by atoms with E-state index >= 15 is 0 Å². The molecule has 0 fully saturated rings. The highest BCUT2D eigenvalue weighted by molar-refractivity contribution is 5.30. The number of methoxy groups -OCH3 is 1. The highest BCUT2D eigenvalue weighted by Gasteiger charge is 2.23. The maximum absolute atomic E-state index is 5.50. The summed E-state index contributed by atoms with van der Waals surface area (Å²) < 4.78 is 7.53. The van der Waals surface area contributed by atoms with Crippen molar-refractivity contribution < 1.29 is 4.74 Å². The molecule has 0 bridgehead atoms. The van der Waals surface area contributed by atoms with Crippen molar-refractivity contribution in [2.24, 2.45) is 0 Å². The lowest BCUT2D eigenvalue weighted by atomic mass is 10.0. The van der Waals surface area contributed by atoms with Crippen LogP contribution < -0.4 is 10.1 Å². The number of ether oxygens (including phenoxy) is 1. The molecule has 0 aliphatic rings. The number of nitrogens with zero attached hydrogens (tertiary/aromatic N) is 3. The van der Waals surface area contributed by atoms with Crippen LogP contribution in [-0.4, -0.2) is 28.4 Å². The first kappa shape index (κ1) is 15.5. The molecular formula is C16H24N4O. The number of hydrogen-bond acceptors (Lipinski definition) is 4. The summed E-state index contributed by atoms with van der Waals surface area (Å²) in [4.78, 5) is 4.20. The average molecular weight is 288 g/mol. The molecule has 0 spiro atoms. The first-order chi connectivity index (χ1) is 10.2. The van der Waals surface area contributed by atoms with E-state index in [1.54, 1.807) is 19.5 Å². The van der Waals surface area contributed by atoms with Gasteiger partial charge in [0.1, 0.15) is 0 Å². The lowest BCUT2D eigenvalue weighted by Gasteiger charge is -2.22. The van der Waals surface area contributed by atoms with Gasteiger partial charge in [0.15, 0.2) is 5.75 Å². The van der Waals surface area contributed by atoms with Crippen LogP contribution in [0.1, 0.15) is 44.1 Å². The van der Waals surface area contributed by atoms with Crippen LogP contribution in [0.2, 0.25) is 0 Å². The second-order valence-electron chi connectivity index (χ2n) is 5.31. The van der Waals surface area contributed by atoms with Gasteiger partial charge in [-0.3, -0.25) is 9.67 Å². The van der Waals surface area contributed by atoms with Crippen molar-refractivity contribution in [3.05, 3.63) is 42.0 Å². The molecule has 2 rings (SSSR count). The van der Waals surface area contributed by atoms with Crippen molar-refractivity contribution in [2.75, 3.05) is 13.7 Å². The topological polar surface area (TPSA) is 52.0 Å². The fourth-order valence-electron chi connectivity index (χ4n) is 2.52. The Hall–Kier alpha value is -1.88. The maximum atomic E-state index is 5.50. The van der Waals surface area contributed by atoms with Gasteiger partial charge in [-0.05, 0) is 38.4 Å². The van der Waals surface area contributed by atoms with Gasteiger partial charge in [-0.15, -0.1) is 0 Å². The lowest BCUT2D eigenvalue weighted by Crippen LogP contribution is -2.27. The van der Waals surface area contributed by atoms with Gasteiger partial charge in [0.2, 0.25) is 0 Å². The summed E-state index contributed by atoms with van der Waals surface area (Å²) in [7, 11) is 1.69. The van der Waals surface area contributed by atoms with Crippen molar-refractivity contribution in [1.29, 1.82) is 0 Å². The van der Waals surface area contributed by atoms with Crippen molar-refractivity contribution in [3.8, 4) is 5.75 Å². The van der Waals surface area contributed by atoms with Gasteiger partial charge in [0, 0.05) is 18.4 Å². The average Bonchev–Trinajstić information content (AvgIpc) is 2.92. The maximum Gasteiger partial charge on any atom is 0.161 e. The van der Waals surface area contributed by atoms with Crippen LogP contribution >= 0.6 is 0 Å². The molecule has 1 atom stereocenters. The largest absolute Gasteiger partial charge is 0.493 e. The Morgan fingerprint density at radius 3 is 2.71 bits per heavy atom. The third-order valence-electron chi connectivity index (χ3n) is 3.45. The zero-order valence-corrected chi connectivity index (χ0v) is 13.2. The van der Waals surface area contributed by atoms with Crippen LogP contribution in [0.25, 0.3) is 0 Å². The van der Waals surface area contributed by atoms with Crippen LogP contribution in [-0.2, 0) is 6.42 Å². The van der Waals surface area contributed by atoms with E-state index in [0.717, 1.165) is 24.4 Å². The molecule has 2 aromatic heterocycles. The van der Waals surface area contributed by atoms with E-state index in [1.165, 1.54) is 5.56 Å². The Morgan fingerprint density at radius 1 is 1.33 bits per heavy atom. The van der Waals surface area contributed by atoms with Crippen molar-refractivity contribution in [1.82, 2.24) is 20.1 Å². The van der Waals surface area contributed by atoms with E-state index < -0.39 is 0 Å². The summed E-state index contributed by atoms with van der Waals surface area (Å²) in [5.41, 5.74) is 2.29. The molecule has 0 aromatic carbocycles. The summed E-state index contributed by atoms with van der Waals surface area (Å²) in [6.07, 6.45) is 6.36. The summed E-state index contributed by atoms with van der Waals surface area (Å²) in [5.74, 6) is 0.832. The van der Waals surface area contributed by atoms with Gasteiger partial charge in [0.25, 0.3) is 0 Å². The molecule has 21 heavy (non-hydrogen) atoms. The predicted octanol–water partition coefficient (Wildman–Crippen LogP) is 2.76. The number of likely N-dealkylation sites (N-methyl/N-ethyl adjacent to an activating group) is 1. The molecule has 2 aromatic rings. The Labute approximate surface area is 126 Å². The molecule has 0 amide bonds. The van der Waals surface area contributed by atoms with E-state index in [-0.39, 0.29) is 6.04 Å². The molecule has 5 heteroatoms. The normalized spacial score (nSPS) is 12.6. The molecule has 114 valence electrons. The van der Waals surface area contributed by atoms with Crippen LogP contribution in [0.5, 0.6) is 5.75 Å². The molecule has 0 aliphatic heterocycles. The SMILES string of the molecule is CCNC(Cc1cccnc1)c1c(OC)cnn1C(C)C. The molecule has 0 saturated heterocycles. The fourth-order valence-corrected chi connectivity index (χ4v) is 2.52. The number of rotatable bonds is 7. The zero-order chi connectivity index (χ0) is 15.2. The van der Waals surface area contributed by atoms with Gasteiger partial charge in [0.05, 0.1) is 25.0 Å². The van der Waals surface area contributed by atoms with Gasteiger partial charge < -0.3 is 10.1 Å². The molecule has 1 unspecified atom stereocenters. The van der Waals surface area contributed by atoms with Gasteiger partial charge in [-0.25, -0.2) is 0 Å². The van der Waals surface area contributed by atoms with Gasteiger partial charge in [-0.1, -0.05) is 13.0 Å². The molecular weight excluding hydrogens is 264 g/mol. The Bertz CT molecular complexity index is 551. The summed E-state index contributed by atoms with van der Waals surface area (Å²) in [5, 5.41) is 8.00. The Morgan fingerprint density at radius 2 is 2.14 bits per heavy atom. The Balaban J connectivity index is 2.35. The first-order valence-electron chi connectivity index (χ1n) is 7.41. The number of aromatic nitrogens is 3. The van der Waals surface area contributed by atoms with Crippen LogP contribution in [0.15, 0.2) is 30.7 Å². The number of nitrogens with one attached hydrogen (secondary N) is 1. The highest BCUT2D eigenvalue weighted by Crippen LogP contribution is 2.29. The second-order valence-corrected chi connectivity index (χ2v) is 5.31. The first-order valence-corrected chi connectivity index (χ1v) is 7.41. The highest BCUT2D eigenvalue weighted by atomic mass is 16.5. The Kier molecular flexibility index (Phi) is 5.33. The number of hydrogen-bond donors (Lipinski definition) is 1. The van der Waals surface area contributed by atoms with Gasteiger partial charge >= 0.3 is 0 Å². The van der Waals surface area contributed by atoms with Crippen molar-refractivity contribution in [3.63, 3.8) is 0 Å². The fraction of sp³-hybridized carbons (Fsp3) is 0.500. The van der Waals surface area contributed by atoms with E-state index in [1.807, 2.05) is 16.9 Å². The lowest BCUT2D eigenvalue weighted by molar-refractivity contribution is 0.384. The molecule has 0 aliphatic carbocycles. The smallest absolute Gasteiger partial charge is 0.161 e. The third kappa shape index (κ3) is 3.61. The van der Waals surface area contributed by atoms with Crippen molar-refractivity contribution in [2.45, 2.75) is 39.3 Å². The molecule has 0 radical (unpaired) electrons. The summed E-state index contributed by atoms with van der Waals surface area (Å²) >= 11 is 0. The predicted molar refractivity (Wildman–Crippen MR) is 83.5 cm³/mol. The minimum atomic E-state index is 0.152. The summed E-state index contributed by atoms with van der Waals surface area (Å²) in [6, 6.07) is 4.51. The van der Waals surface area contributed by atoms with E-state index in [0.29, 0.717) is 6.04 Å². The van der Waals surface area contributed by atoms with E-state index in [4.69, 9.17) is 4.74 Å². The standard InChI is InChI=1S/C16H24N4O/c1-5-18-14(9-13-7-6-8-17-10-13)16-15(21-4)11-19-20(16)12(2)3/h6-8,10-12,14,18H,5,9H2,1-4H3. The van der Waals surface area contributed by atoms with E-state index in [9.17, 15) is 0 Å². The molecule has 1 N–H and O–H groups in total. The second kappa shape index (κ2) is 7.22. The minimum Gasteiger partial charge on any atom is -0.493 e. The monoisotopic (exact) mass is 288 g/mol. The van der Waals surface area contributed by atoms with Crippen LogP contribution in [0.3, 0.4) is 0 Å². The van der Waals surface area contributed by atoms with Crippen LogP contribution in [0.4, 0.5) is 0 Å². The third-order valence-corrected chi connectivity index (χ3v) is 3.45. The quantitative estimate of drug-likeness (QED) is 0.851. The molecule has 0 saturated carbocycles.